The summed E-state index contributed by atoms with van der Waals surface area (Å²) in [5, 5.41) is 2.85. The first-order chi connectivity index (χ1) is 12.5. The number of hydrogen-bond donors (Lipinski definition) is 1. The Balaban J connectivity index is 2.17. The summed E-state index contributed by atoms with van der Waals surface area (Å²) in [6.07, 6.45) is 3.60. The zero-order valence-corrected chi connectivity index (χ0v) is 15.8. The Morgan fingerprint density at radius 1 is 1.19 bits per heavy atom. The Morgan fingerprint density at radius 2 is 1.96 bits per heavy atom. The van der Waals surface area contributed by atoms with Crippen molar-refractivity contribution in [2.24, 2.45) is 0 Å². The van der Waals surface area contributed by atoms with Gasteiger partial charge in [0.15, 0.2) is 11.9 Å². The van der Waals surface area contributed by atoms with Gasteiger partial charge >= 0.3 is 0 Å². The van der Waals surface area contributed by atoms with E-state index in [1.807, 2.05) is 6.92 Å². The van der Waals surface area contributed by atoms with E-state index in [1.165, 1.54) is 4.90 Å². The van der Waals surface area contributed by atoms with Gasteiger partial charge in [-0.1, -0.05) is 26.7 Å². The second-order valence-corrected chi connectivity index (χ2v) is 6.60. The number of hydrogen-bond acceptors (Lipinski definition) is 4. The van der Waals surface area contributed by atoms with E-state index in [9.17, 15) is 14.4 Å². The zero-order valence-electron chi connectivity index (χ0n) is 15.8. The molecule has 1 unspecified atom stereocenters. The van der Waals surface area contributed by atoms with Gasteiger partial charge in [0.05, 0.1) is 5.69 Å². The van der Waals surface area contributed by atoms with Gasteiger partial charge in [0.25, 0.3) is 5.91 Å². The smallest absolute Gasteiger partial charge is 0.268 e. The fourth-order valence-electron chi connectivity index (χ4n) is 2.92. The molecule has 2 rings (SSSR count). The first-order valence-electron chi connectivity index (χ1n) is 9.39. The van der Waals surface area contributed by atoms with Crippen LogP contribution in [-0.2, 0) is 9.59 Å². The fraction of sp³-hybridized carbons (Fsp3) is 0.550. The predicted octanol–water partition coefficient (Wildman–Crippen LogP) is 3.09. The number of anilines is 1. The van der Waals surface area contributed by atoms with Gasteiger partial charge in [-0.3, -0.25) is 19.3 Å². The monoisotopic (exact) mass is 360 g/mol. The van der Waals surface area contributed by atoms with E-state index in [1.54, 1.807) is 25.1 Å². The van der Waals surface area contributed by atoms with Crippen molar-refractivity contribution in [3.63, 3.8) is 0 Å². The number of benzene rings is 1. The molecule has 0 aromatic heterocycles. The van der Waals surface area contributed by atoms with Crippen LogP contribution < -0.4 is 15.0 Å². The molecule has 1 aliphatic heterocycles. The molecule has 0 saturated carbocycles. The average molecular weight is 360 g/mol. The highest BCUT2D eigenvalue weighted by molar-refractivity contribution is 6.05. The molecule has 6 heteroatoms. The van der Waals surface area contributed by atoms with Crippen LogP contribution in [0, 0.1) is 0 Å². The van der Waals surface area contributed by atoms with Crippen LogP contribution in [-0.4, -0.2) is 36.8 Å². The third kappa shape index (κ3) is 4.84. The minimum Gasteiger partial charge on any atom is -0.479 e. The van der Waals surface area contributed by atoms with Crippen LogP contribution in [0.2, 0.25) is 0 Å². The number of rotatable bonds is 9. The molecule has 0 aliphatic carbocycles. The molecule has 26 heavy (non-hydrogen) atoms. The van der Waals surface area contributed by atoms with E-state index in [-0.39, 0.29) is 24.1 Å². The van der Waals surface area contributed by atoms with Gasteiger partial charge in [-0.2, -0.15) is 0 Å². The summed E-state index contributed by atoms with van der Waals surface area (Å²) in [4.78, 5) is 38.4. The number of ether oxygens (including phenoxy) is 1. The Morgan fingerprint density at radius 3 is 2.65 bits per heavy atom. The molecule has 0 spiro atoms. The van der Waals surface area contributed by atoms with Crippen molar-refractivity contribution in [1.82, 2.24) is 5.32 Å². The summed E-state index contributed by atoms with van der Waals surface area (Å²) in [6.45, 7) is 6.23. The van der Waals surface area contributed by atoms with Gasteiger partial charge < -0.3 is 10.1 Å². The number of carbonyl (C=O) groups excluding carboxylic acids is 3. The number of Topliss-reactive ketones (excluding diaryl/α,β-unsaturated/α-hetero) is 1. The quantitative estimate of drug-likeness (QED) is 0.542. The molecule has 1 atom stereocenters. The number of ketones is 1. The number of carbonyl (C=O) groups is 3. The van der Waals surface area contributed by atoms with Gasteiger partial charge in [0, 0.05) is 18.5 Å². The number of fused-ring (bicyclic) bond motifs is 1. The Labute approximate surface area is 154 Å². The van der Waals surface area contributed by atoms with Crippen molar-refractivity contribution in [1.29, 1.82) is 0 Å². The summed E-state index contributed by atoms with van der Waals surface area (Å²) in [6, 6.07) is 5.07. The van der Waals surface area contributed by atoms with Crippen molar-refractivity contribution in [3.05, 3.63) is 23.8 Å². The second-order valence-electron chi connectivity index (χ2n) is 6.60. The summed E-state index contributed by atoms with van der Waals surface area (Å²) < 4.78 is 5.63. The molecule has 142 valence electrons. The van der Waals surface area contributed by atoms with Crippen LogP contribution in [0.4, 0.5) is 5.69 Å². The molecule has 0 fully saturated rings. The number of nitrogens with one attached hydrogen (secondary N) is 1. The van der Waals surface area contributed by atoms with Gasteiger partial charge in [-0.15, -0.1) is 0 Å². The largest absolute Gasteiger partial charge is 0.479 e. The van der Waals surface area contributed by atoms with Crippen LogP contribution in [0.5, 0.6) is 5.75 Å². The molecule has 6 nitrogen and oxygen atoms in total. The van der Waals surface area contributed by atoms with E-state index in [0.717, 1.165) is 25.7 Å². The third-order valence-corrected chi connectivity index (χ3v) is 4.37. The van der Waals surface area contributed by atoms with Crippen molar-refractivity contribution >= 4 is 23.3 Å². The van der Waals surface area contributed by atoms with E-state index in [4.69, 9.17) is 4.74 Å². The van der Waals surface area contributed by atoms with E-state index < -0.39 is 6.10 Å². The standard InChI is InChI=1S/C20H28N2O4/c1-4-6-7-11-21-19(24)13-22-16-12-15(17(23)8-5-2)9-10-18(16)26-14(3)20(22)25/h9-10,12,14H,4-8,11,13H2,1-3H3,(H,21,24). The summed E-state index contributed by atoms with van der Waals surface area (Å²) in [5.74, 6) is 0.0513. The SMILES string of the molecule is CCCCCNC(=O)CN1C(=O)C(C)Oc2ccc(C(=O)CCC)cc21. The Bertz CT molecular complexity index is 672. The highest BCUT2D eigenvalue weighted by Gasteiger charge is 2.33. The van der Waals surface area contributed by atoms with Crippen molar-refractivity contribution in [2.75, 3.05) is 18.0 Å². The first-order valence-corrected chi connectivity index (χ1v) is 9.39. The lowest BCUT2D eigenvalue weighted by atomic mass is 10.0. The highest BCUT2D eigenvalue weighted by Crippen LogP contribution is 2.35. The molecule has 1 heterocycles. The summed E-state index contributed by atoms with van der Waals surface area (Å²) in [7, 11) is 0. The van der Waals surface area contributed by atoms with Crippen LogP contribution >= 0.6 is 0 Å². The topological polar surface area (TPSA) is 75.7 Å². The fourth-order valence-corrected chi connectivity index (χ4v) is 2.92. The minimum absolute atomic E-state index is 0.0188. The highest BCUT2D eigenvalue weighted by atomic mass is 16.5. The number of amides is 2. The predicted molar refractivity (Wildman–Crippen MR) is 101 cm³/mol. The lowest BCUT2D eigenvalue weighted by Crippen LogP contribution is -2.49. The maximum absolute atomic E-state index is 12.5. The Kier molecular flexibility index (Phi) is 7.18. The molecule has 1 aromatic rings. The number of unbranched alkanes of at least 4 members (excludes halogenated alkanes) is 2. The van der Waals surface area contributed by atoms with Crippen LogP contribution in [0.3, 0.4) is 0 Å². The Hall–Kier alpha value is -2.37. The van der Waals surface area contributed by atoms with Gasteiger partial charge in [0.1, 0.15) is 12.3 Å². The zero-order chi connectivity index (χ0) is 19.1. The average Bonchev–Trinajstić information content (AvgIpc) is 2.62. The van der Waals surface area contributed by atoms with Gasteiger partial charge in [-0.05, 0) is 38.0 Å². The maximum atomic E-state index is 12.5. The molecule has 1 aromatic carbocycles. The van der Waals surface area contributed by atoms with E-state index in [0.29, 0.717) is 30.0 Å². The van der Waals surface area contributed by atoms with Gasteiger partial charge in [-0.25, -0.2) is 0 Å². The third-order valence-electron chi connectivity index (χ3n) is 4.37. The molecule has 1 aliphatic rings. The van der Waals surface area contributed by atoms with Crippen LogP contribution in [0.15, 0.2) is 18.2 Å². The van der Waals surface area contributed by atoms with Crippen molar-refractivity contribution in [3.8, 4) is 5.75 Å². The molecule has 0 saturated heterocycles. The molecule has 0 bridgehead atoms. The lowest BCUT2D eigenvalue weighted by molar-refractivity contribution is -0.128. The summed E-state index contributed by atoms with van der Waals surface area (Å²) in [5.41, 5.74) is 1.02. The second kappa shape index (κ2) is 9.36. The van der Waals surface area contributed by atoms with Crippen molar-refractivity contribution < 1.29 is 19.1 Å². The van der Waals surface area contributed by atoms with E-state index >= 15 is 0 Å². The molecular formula is C20H28N2O4. The maximum Gasteiger partial charge on any atom is 0.268 e. The van der Waals surface area contributed by atoms with Gasteiger partial charge in [0.2, 0.25) is 5.91 Å². The van der Waals surface area contributed by atoms with Crippen LogP contribution in [0.25, 0.3) is 0 Å². The molecule has 2 amide bonds. The molecule has 0 radical (unpaired) electrons. The molecular weight excluding hydrogens is 332 g/mol. The number of nitrogens with zero attached hydrogens (tertiary/aromatic N) is 1. The normalized spacial score (nSPS) is 16.0. The minimum atomic E-state index is -0.660. The molecule has 1 N–H and O–H groups in total. The summed E-state index contributed by atoms with van der Waals surface area (Å²) >= 11 is 0. The lowest BCUT2D eigenvalue weighted by Gasteiger charge is -2.32. The van der Waals surface area contributed by atoms with Crippen LogP contribution in [0.1, 0.15) is 63.2 Å². The first kappa shape index (κ1) is 19.9. The van der Waals surface area contributed by atoms with Crippen molar-refractivity contribution in [2.45, 2.75) is 59.0 Å². The van der Waals surface area contributed by atoms with E-state index in [2.05, 4.69) is 12.2 Å².